The fourth-order valence-electron chi connectivity index (χ4n) is 4.02. The van der Waals surface area contributed by atoms with Gasteiger partial charge < -0.3 is 14.5 Å². The van der Waals surface area contributed by atoms with Gasteiger partial charge in [0.15, 0.2) is 5.78 Å². The Morgan fingerprint density at radius 1 is 1.13 bits per heavy atom. The maximum atomic E-state index is 12.9. The van der Waals surface area contributed by atoms with Gasteiger partial charge in [0.05, 0.1) is 12.7 Å². The predicted molar refractivity (Wildman–Crippen MR) is 117 cm³/mol. The van der Waals surface area contributed by atoms with Crippen LogP contribution in [0.1, 0.15) is 90.2 Å². The van der Waals surface area contributed by atoms with Crippen molar-refractivity contribution in [1.29, 1.82) is 0 Å². The second kappa shape index (κ2) is 8.76. The Balaban J connectivity index is 1.75. The number of Topliss-reactive ketones (excluding diaryl/α,β-unsaturated/α-hetero) is 1. The Morgan fingerprint density at radius 2 is 1.80 bits per heavy atom. The molecule has 0 saturated heterocycles. The number of carbonyl (C=O) groups is 2. The van der Waals surface area contributed by atoms with Gasteiger partial charge in [-0.1, -0.05) is 45.0 Å². The van der Waals surface area contributed by atoms with Gasteiger partial charge in [-0.3, -0.25) is 4.79 Å². The molecule has 1 N–H and O–H groups in total. The maximum absolute atomic E-state index is 12.9. The zero-order chi connectivity index (χ0) is 22.1. The quantitative estimate of drug-likeness (QED) is 0.529. The molecule has 5 heteroatoms. The summed E-state index contributed by atoms with van der Waals surface area (Å²) in [4.78, 5) is 28.6. The summed E-state index contributed by atoms with van der Waals surface area (Å²) in [5, 5.41) is 0. The van der Waals surface area contributed by atoms with Crippen molar-refractivity contribution < 1.29 is 19.1 Å². The molecule has 1 aliphatic rings. The molecule has 1 atom stereocenters. The van der Waals surface area contributed by atoms with Crippen LogP contribution in [-0.4, -0.2) is 36.1 Å². The zero-order valence-electron chi connectivity index (χ0n) is 18.9. The predicted octanol–water partition coefficient (Wildman–Crippen LogP) is 5.12. The van der Waals surface area contributed by atoms with Crippen LogP contribution in [0, 0.1) is 6.92 Å². The molecule has 0 radical (unpaired) electrons. The highest BCUT2D eigenvalue weighted by Gasteiger charge is 2.32. The third-order valence-corrected chi connectivity index (χ3v) is 5.71. The van der Waals surface area contributed by atoms with Gasteiger partial charge in [0.2, 0.25) is 0 Å². The Morgan fingerprint density at radius 3 is 2.40 bits per heavy atom. The van der Waals surface area contributed by atoms with Crippen LogP contribution in [-0.2, 0) is 21.3 Å². The molecule has 1 heterocycles. The lowest BCUT2D eigenvalue weighted by Crippen LogP contribution is -2.19. The molecular formula is C25H33NO4. The van der Waals surface area contributed by atoms with Gasteiger partial charge in [-0.2, -0.15) is 0 Å². The first-order valence-electron chi connectivity index (χ1n) is 10.7. The number of ether oxygens (including phenoxy) is 2. The number of benzene rings is 1. The highest BCUT2D eigenvalue weighted by molar-refractivity contribution is 6.03. The molecule has 1 aliphatic carbocycles. The monoisotopic (exact) mass is 411 g/mol. The van der Waals surface area contributed by atoms with Gasteiger partial charge >= 0.3 is 5.97 Å². The van der Waals surface area contributed by atoms with Crippen LogP contribution in [0.4, 0.5) is 0 Å². The Hall–Kier alpha value is -2.40. The summed E-state index contributed by atoms with van der Waals surface area (Å²) in [5.41, 5.74) is 5.08. The summed E-state index contributed by atoms with van der Waals surface area (Å²) in [6.07, 6.45) is 1.26. The summed E-state index contributed by atoms with van der Waals surface area (Å²) in [6.45, 7) is 12.8. The fraction of sp³-hybridized carbons (Fsp3) is 0.520. The van der Waals surface area contributed by atoms with Crippen LogP contribution < -0.4 is 0 Å². The number of esters is 1. The second-order valence-electron chi connectivity index (χ2n) is 9.43. The molecule has 0 spiro atoms. The zero-order valence-corrected chi connectivity index (χ0v) is 18.9. The number of fused-ring (bicyclic) bond motifs is 1. The molecule has 0 unspecified atom stereocenters. The van der Waals surface area contributed by atoms with Crippen LogP contribution in [0.5, 0.6) is 0 Å². The topological polar surface area (TPSA) is 68.4 Å². The largest absolute Gasteiger partial charge is 0.459 e. The number of rotatable bonds is 6. The van der Waals surface area contributed by atoms with Crippen LogP contribution in [0.15, 0.2) is 24.3 Å². The first-order chi connectivity index (χ1) is 14.1. The summed E-state index contributed by atoms with van der Waals surface area (Å²) in [5.74, 6) is -0.245. The molecule has 162 valence electrons. The number of ketones is 1. The van der Waals surface area contributed by atoms with E-state index in [-0.39, 0.29) is 29.8 Å². The highest BCUT2D eigenvalue weighted by Crippen LogP contribution is 2.36. The number of aromatic amines is 1. The van der Waals surface area contributed by atoms with Crippen molar-refractivity contribution in [3.63, 3.8) is 0 Å². The SMILES string of the molecule is Cc1c(C(=O)OCCOC(C)C)[nH]c2c1C(=O)C[C@H](c1ccc(C(C)(C)C)cc1)C2. The molecule has 0 saturated carbocycles. The minimum atomic E-state index is -0.437. The summed E-state index contributed by atoms with van der Waals surface area (Å²) >= 11 is 0. The van der Waals surface area contributed by atoms with Gasteiger partial charge in [0.1, 0.15) is 12.3 Å². The van der Waals surface area contributed by atoms with E-state index in [0.29, 0.717) is 36.3 Å². The molecule has 2 aromatic rings. The smallest absolute Gasteiger partial charge is 0.355 e. The Labute approximate surface area is 179 Å². The number of hydrogen-bond donors (Lipinski definition) is 1. The van der Waals surface area contributed by atoms with Crippen LogP contribution >= 0.6 is 0 Å². The van der Waals surface area contributed by atoms with Crippen LogP contribution in [0.3, 0.4) is 0 Å². The molecule has 0 aliphatic heterocycles. The fourth-order valence-corrected chi connectivity index (χ4v) is 4.02. The van der Waals surface area contributed by atoms with Crippen molar-refractivity contribution in [3.8, 4) is 0 Å². The van der Waals surface area contributed by atoms with Gasteiger partial charge in [-0.15, -0.1) is 0 Å². The number of H-pyrrole nitrogens is 1. The molecular weight excluding hydrogens is 378 g/mol. The van der Waals surface area contributed by atoms with Gasteiger partial charge in [0.25, 0.3) is 0 Å². The first-order valence-corrected chi connectivity index (χ1v) is 10.7. The van der Waals surface area contributed by atoms with Crippen molar-refractivity contribution >= 4 is 11.8 Å². The van der Waals surface area contributed by atoms with E-state index in [2.05, 4.69) is 50.0 Å². The standard InChI is InChI=1S/C25H33NO4/c1-15(2)29-11-12-30-24(28)23-16(3)22-20(26-23)13-18(14-21(22)27)17-7-9-19(10-8-17)25(4,5)6/h7-10,15,18,26H,11-14H2,1-6H3/t18-/m1/s1. The lowest BCUT2D eigenvalue weighted by molar-refractivity contribution is 0.0172. The van der Waals surface area contributed by atoms with E-state index < -0.39 is 5.97 Å². The lowest BCUT2D eigenvalue weighted by atomic mass is 9.80. The Kier molecular flexibility index (Phi) is 6.51. The maximum Gasteiger partial charge on any atom is 0.355 e. The second-order valence-corrected chi connectivity index (χ2v) is 9.43. The van der Waals surface area contributed by atoms with E-state index in [1.807, 2.05) is 20.8 Å². The first kappa shape index (κ1) is 22.3. The number of carbonyl (C=O) groups excluding carboxylic acids is 2. The molecule has 1 aromatic heterocycles. The summed E-state index contributed by atoms with van der Waals surface area (Å²) in [6, 6.07) is 8.56. The van der Waals surface area contributed by atoms with E-state index in [4.69, 9.17) is 9.47 Å². The lowest BCUT2D eigenvalue weighted by Gasteiger charge is -2.24. The van der Waals surface area contributed by atoms with E-state index in [0.717, 1.165) is 11.3 Å². The Bertz CT molecular complexity index is 916. The van der Waals surface area contributed by atoms with Crippen molar-refractivity contribution in [3.05, 3.63) is 57.9 Å². The van der Waals surface area contributed by atoms with Crippen molar-refractivity contribution in [2.75, 3.05) is 13.2 Å². The van der Waals surface area contributed by atoms with E-state index >= 15 is 0 Å². The van der Waals surface area contributed by atoms with E-state index in [1.54, 1.807) is 0 Å². The molecule has 0 amide bonds. The normalized spacial score (nSPS) is 16.6. The molecule has 0 fully saturated rings. The molecule has 1 aromatic carbocycles. The average Bonchev–Trinajstić information content (AvgIpc) is 3.01. The summed E-state index contributed by atoms with van der Waals surface area (Å²) < 4.78 is 10.7. The van der Waals surface area contributed by atoms with Gasteiger partial charge in [-0.25, -0.2) is 4.79 Å². The molecule has 3 rings (SSSR count). The minimum absolute atomic E-state index is 0.0806. The van der Waals surface area contributed by atoms with Crippen LogP contribution in [0.2, 0.25) is 0 Å². The van der Waals surface area contributed by atoms with Crippen LogP contribution in [0.25, 0.3) is 0 Å². The number of aromatic nitrogens is 1. The van der Waals surface area contributed by atoms with Gasteiger partial charge in [0, 0.05) is 17.7 Å². The van der Waals surface area contributed by atoms with Crippen molar-refractivity contribution in [2.24, 2.45) is 0 Å². The average molecular weight is 412 g/mol. The van der Waals surface area contributed by atoms with Crippen molar-refractivity contribution in [2.45, 2.75) is 71.8 Å². The third kappa shape index (κ3) is 4.84. The van der Waals surface area contributed by atoms with E-state index in [1.165, 1.54) is 5.56 Å². The minimum Gasteiger partial charge on any atom is -0.459 e. The highest BCUT2D eigenvalue weighted by atomic mass is 16.6. The van der Waals surface area contributed by atoms with E-state index in [9.17, 15) is 9.59 Å². The summed E-state index contributed by atoms with van der Waals surface area (Å²) in [7, 11) is 0. The number of nitrogens with one attached hydrogen (secondary N) is 1. The third-order valence-electron chi connectivity index (χ3n) is 5.71. The number of hydrogen-bond acceptors (Lipinski definition) is 4. The molecule has 0 bridgehead atoms. The molecule has 5 nitrogen and oxygen atoms in total. The van der Waals surface area contributed by atoms with Gasteiger partial charge in [-0.05, 0) is 55.2 Å². The van der Waals surface area contributed by atoms with Crippen molar-refractivity contribution in [1.82, 2.24) is 4.98 Å². The molecule has 30 heavy (non-hydrogen) atoms.